The predicted molar refractivity (Wildman–Crippen MR) is 191 cm³/mol. The number of aliphatic hydroxyl groups excluding tert-OH is 1. The molecule has 3 aromatic carbocycles. The van der Waals surface area contributed by atoms with Gasteiger partial charge in [0.2, 0.25) is 5.78 Å². The van der Waals surface area contributed by atoms with Gasteiger partial charge in [0.15, 0.2) is 17.2 Å². The summed E-state index contributed by atoms with van der Waals surface area (Å²) in [6.07, 6.45) is -5.11. The van der Waals surface area contributed by atoms with Crippen LogP contribution in [0.5, 0.6) is 17.2 Å². The van der Waals surface area contributed by atoms with Gasteiger partial charge in [0.25, 0.3) is 0 Å². The number of fused-ring (bicyclic) bond motifs is 3. The molecule has 3 aromatic rings. The predicted octanol–water partition coefficient (Wildman–Crippen LogP) is 4.92. The Morgan fingerprint density at radius 2 is 1.84 bits per heavy atom. The molecule has 1 saturated heterocycles. The van der Waals surface area contributed by atoms with Gasteiger partial charge in [0, 0.05) is 45.3 Å². The van der Waals surface area contributed by atoms with E-state index in [9.17, 15) is 30.0 Å². The van der Waals surface area contributed by atoms with Gasteiger partial charge < -0.3 is 40.0 Å². The van der Waals surface area contributed by atoms with Crippen LogP contribution in [0.1, 0.15) is 75.8 Å². The summed E-state index contributed by atoms with van der Waals surface area (Å²) in [6, 6.07) is 10.8. The van der Waals surface area contributed by atoms with Crippen LogP contribution in [0.25, 0.3) is 10.4 Å². The number of aromatic hydroxyl groups is 2. The largest absolute Gasteiger partial charge is 0.507 e. The minimum atomic E-state index is -1.88. The van der Waals surface area contributed by atoms with Crippen molar-refractivity contribution in [3.63, 3.8) is 0 Å². The van der Waals surface area contributed by atoms with Crippen LogP contribution in [0.4, 0.5) is 5.69 Å². The van der Waals surface area contributed by atoms with Crippen LogP contribution in [0.15, 0.2) is 57.2 Å². The lowest BCUT2D eigenvalue weighted by molar-refractivity contribution is -0.245. The SMILES string of the molecule is COc1cccc2c1C(=O)c1c(O)c3c(c(O)c1C2=O)C[C@@](O)(/C(C)=N/NC(=S)Nc1ccccc1Br)C[C@@H]3O[C@H]1C[C@H](N=[N+]=[N-])[C@H](O)[C@H](C)O1. The molecular weight excluding hydrogens is 748 g/mol. The second-order valence-corrected chi connectivity index (χ2v) is 13.7. The van der Waals surface area contributed by atoms with Gasteiger partial charge in [-0.15, -0.1) is 0 Å². The molecule has 6 N–H and O–H groups in total. The van der Waals surface area contributed by atoms with E-state index in [-0.39, 0.29) is 58.1 Å². The fourth-order valence-electron chi connectivity index (χ4n) is 6.74. The Bertz CT molecular complexity index is 2040. The fourth-order valence-corrected chi connectivity index (χ4v) is 7.28. The van der Waals surface area contributed by atoms with E-state index in [1.807, 2.05) is 18.2 Å². The molecule has 6 rings (SSSR count). The average molecular weight is 782 g/mol. The molecule has 0 bridgehead atoms. The minimum Gasteiger partial charge on any atom is -0.507 e. The van der Waals surface area contributed by atoms with Gasteiger partial charge in [-0.3, -0.25) is 15.0 Å². The molecule has 17 heteroatoms. The van der Waals surface area contributed by atoms with Crippen molar-refractivity contribution in [1.29, 1.82) is 0 Å². The van der Waals surface area contributed by atoms with Crippen molar-refractivity contribution < 1.29 is 44.2 Å². The molecule has 0 radical (unpaired) electrons. The molecule has 0 saturated carbocycles. The molecule has 0 amide bonds. The Labute approximate surface area is 305 Å². The third-order valence-electron chi connectivity index (χ3n) is 9.39. The number of nitrogens with zero attached hydrogens (tertiary/aromatic N) is 4. The number of phenols is 2. The number of hydrogen-bond acceptors (Lipinski definition) is 12. The molecule has 0 spiro atoms. The quantitative estimate of drug-likeness (QED) is 0.0280. The summed E-state index contributed by atoms with van der Waals surface area (Å²) in [5.74, 6) is -2.62. The average Bonchev–Trinajstić information content (AvgIpc) is 3.10. The topological polar surface area (TPSA) is 228 Å². The zero-order valence-corrected chi connectivity index (χ0v) is 29.9. The number of rotatable bonds is 7. The summed E-state index contributed by atoms with van der Waals surface area (Å²) in [7, 11) is 1.34. The van der Waals surface area contributed by atoms with Crippen LogP contribution in [-0.2, 0) is 15.9 Å². The summed E-state index contributed by atoms with van der Waals surface area (Å²) in [4.78, 5) is 30.7. The van der Waals surface area contributed by atoms with Gasteiger partial charge >= 0.3 is 0 Å². The lowest BCUT2D eigenvalue weighted by Crippen LogP contribution is -2.49. The number of phenolic OH excluding ortho intramolecular Hbond substituents is 2. The Morgan fingerprint density at radius 3 is 2.55 bits per heavy atom. The van der Waals surface area contributed by atoms with Gasteiger partial charge in [-0.1, -0.05) is 29.4 Å². The number of azide groups is 1. The number of aliphatic hydroxyl groups is 2. The second-order valence-electron chi connectivity index (χ2n) is 12.4. The first kappa shape index (κ1) is 36.2. The number of anilines is 1. The smallest absolute Gasteiger partial charge is 0.202 e. The number of ketones is 2. The zero-order chi connectivity index (χ0) is 36.8. The first-order chi connectivity index (χ1) is 24.3. The van der Waals surface area contributed by atoms with Crippen LogP contribution in [0.3, 0.4) is 0 Å². The van der Waals surface area contributed by atoms with Crippen molar-refractivity contribution in [1.82, 2.24) is 5.43 Å². The molecule has 0 unspecified atom stereocenters. The Hall–Kier alpha value is -4.61. The molecule has 266 valence electrons. The zero-order valence-electron chi connectivity index (χ0n) is 27.5. The van der Waals surface area contributed by atoms with Crippen LogP contribution >= 0.6 is 28.1 Å². The molecule has 1 aliphatic heterocycles. The number of halogens is 1. The van der Waals surface area contributed by atoms with Crippen molar-refractivity contribution in [3.05, 3.63) is 90.8 Å². The fraction of sp³-hybridized carbons (Fsp3) is 0.353. The lowest BCUT2D eigenvalue weighted by Gasteiger charge is -2.42. The summed E-state index contributed by atoms with van der Waals surface area (Å²) in [5.41, 5.74) is 9.59. The molecule has 0 aromatic heterocycles. The van der Waals surface area contributed by atoms with E-state index in [1.165, 1.54) is 32.2 Å². The molecular formula is C34H33BrN6O9S. The van der Waals surface area contributed by atoms with Crippen LogP contribution in [0, 0.1) is 0 Å². The van der Waals surface area contributed by atoms with E-state index in [0.717, 1.165) is 4.47 Å². The molecule has 1 heterocycles. The van der Waals surface area contributed by atoms with Crippen molar-refractivity contribution in [2.75, 3.05) is 12.4 Å². The van der Waals surface area contributed by atoms with Gasteiger partial charge in [-0.2, -0.15) is 5.10 Å². The van der Waals surface area contributed by atoms with Crippen molar-refractivity contribution >= 4 is 56.2 Å². The van der Waals surface area contributed by atoms with E-state index < -0.39 is 70.4 Å². The number of carbonyl (C=O) groups is 2. The maximum atomic E-state index is 14.0. The number of para-hydroxylation sites is 1. The summed E-state index contributed by atoms with van der Waals surface area (Å²) in [6.45, 7) is 3.09. The Kier molecular flexibility index (Phi) is 10.1. The summed E-state index contributed by atoms with van der Waals surface area (Å²) >= 11 is 8.84. The van der Waals surface area contributed by atoms with Crippen LogP contribution in [0.2, 0.25) is 0 Å². The first-order valence-electron chi connectivity index (χ1n) is 15.8. The van der Waals surface area contributed by atoms with Crippen molar-refractivity contribution in [3.8, 4) is 17.2 Å². The number of benzene rings is 3. The lowest BCUT2D eigenvalue weighted by atomic mass is 9.72. The number of methoxy groups -OCH3 is 1. The van der Waals surface area contributed by atoms with Crippen LogP contribution < -0.4 is 15.5 Å². The number of nitrogens with one attached hydrogen (secondary N) is 2. The molecule has 51 heavy (non-hydrogen) atoms. The second kappa shape index (κ2) is 14.2. The number of ether oxygens (including phenoxy) is 3. The summed E-state index contributed by atoms with van der Waals surface area (Å²) in [5, 5.41) is 57.5. The van der Waals surface area contributed by atoms with Crippen molar-refractivity contribution in [2.45, 2.75) is 69.4 Å². The van der Waals surface area contributed by atoms with Gasteiger partial charge in [-0.25, -0.2) is 0 Å². The molecule has 6 atom stereocenters. The number of hydrazone groups is 1. The highest BCUT2D eigenvalue weighted by atomic mass is 79.9. The standard InChI is InChI=1S/C34H33BrN6O9S/c1-14-28(42)20(39-41-36)11-23(49-14)50-22-13-34(47,15(2)38-40-33(51)37-19-9-5-4-8-18(19)35)12-17-25(22)32(46)27-26(30(17)44)29(43)16-7-6-10-21(48-3)24(16)31(27)45/h4-10,14,20,22-23,28,42,44,46-47H,11-13H2,1-3H3,(H2,37,40,51)/b38-15+/t14-,20-,22-,23-,28+,34-/m0/s1. The Morgan fingerprint density at radius 1 is 1.12 bits per heavy atom. The minimum absolute atomic E-state index is 0.0272. The third kappa shape index (κ3) is 6.53. The van der Waals surface area contributed by atoms with Gasteiger partial charge in [0.1, 0.15) is 22.8 Å². The maximum absolute atomic E-state index is 14.0. The van der Waals surface area contributed by atoms with E-state index in [4.69, 9.17) is 32.0 Å². The van der Waals surface area contributed by atoms with E-state index >= 15 is 0 Å². The molecule has 2 aliphatic carbocycles. The highest BCUT2D eigenvalue weighted by molar-refractivity contribution is 9.10. The van der Waals surface area contributed by atoms with Gasteiger partial charge in [0.05, 0.1) is 59.6 Å². The van der Waals surface area contributed by atoms with Crippen LogP contribution in [-0.4, -0.2) is 80.1 Å². The highest BCUT2D eigenvalue weighted by Gasteiger charge is 2.49. The molecule has 1 fully saturated rings. The van der Waals surface area contributed by atoms with Gasteiger partial charge in [-0.05, 0) is 65.7 Å². The van der Waals surface area contributed by atoms with E-state index in [1.54, 1.807) is 13.0 Å². The molecule has 3 aliphatic rings. The number of thiocarbonyl (C=S) groups is 1. The maximum Gasteiger partial charge on any atom is 0.202 e. The van der Waals surface area contributed by atoms with E-state index in [0.29, 0.717) is 5.69 Å². The summed E-state index contributed by atoms with van der Waals surface area (Å²) < 4.78 is 18.3. The monoisotopic (exact) mass is 780 g/mol. The third-order valence-corrected chi connectivity index (χ3v) is 10.3. The van der Waals surface area contributed by atoms with Crippen molar-refractivity contribution in [2.24, 2.45) is 10.2 Å². The first-order valence-corrected chi connectivity index (χ1v) is 17.0. The highest BCUT2D eigenvalue weighted by Crippen LogP contribution is 2.52. The number of hydrogen-bond donors (Lipinski definition) is 6. The Balaban J connectivity index is 1.42. The normalized spacial score (nSPS) is 25.5. The van der Waals surface area contributed by atoms with E-state index in [2.05, 4.69) is 41.8 Å². The number of carbonyl (C=O) groups excluding carboxylic acids is 2. The molecule has 15 nitrogen and oxygen atoms in total.